The second-order valence-electron chi connectivity index (χ2n) is 3.99. The molecule has 120 valence electrons. The van der Waals surface area contributed by atoms with Crippen molar-refractivity contribution in [1.82, 2.24) is 4.57 Å². The third kappa shape index (κ3) is 5.84. The summed E-state index contributed by atoms with van der Waals surface area (Å²) in [6.07, 6.45) is 4.86. The molecule has 0 aliphatic carbocycles. The van der Waals surface area contributed by atoms with Crippen LogP contribution in [0.1, 0.15) is 5.37 Å². The van der Waals surface area contributed by atoms with Crippen LogP contribution in [0.4, 0.5) is 0 Å². The van der Waals surface area contributed by atoms with Crippen LogP contribution in [0.15, 0.2) is 72.4 Å². The lowest BCUT2D eigenvalue weighted by atomic mass is 10.4. The van der Waals surface area contributed by atoms with Crippen LogP contribution in [0.5, 0.6) is 0 Å². The van der Waals surface area contributed by atoms with Gasteiger partial charge in [0.25, 0.3) is 0 Å². The number of rotatable bonds is 4. The van der Waals surface area contributed by atoms with Crippen LogP contribution in [0.25, 0.3) is 0 Å². The SMILES string of the molecule is C=CC(n1cccc1)S(=O)(=O)c1ccccc1.O=S(=O)(Cl)Cl. The van der Waals surface area contributed by atoms with E-state index in [1.807, 2.05) is 0 Å². The van der Waals surface area contributed by atoms with E-state index < -0.39 is 23.5 Å². The molecule has 0 saturated heterocycles. The van der Waals surface area contributed by atoms with Gasteiger partial charge in [0.15, 0.2) is 5.37 Å². The molecule has 0 spiro atoms. The molecule has 5 nitrogen and oxygen atoms in total. The Morgan fingerprint density at radius 2 is 1.41 bits per heavy atom. The van der Waals surface area contributed by atoms with E-state index in [-0.39, 0.29) is 0 Å². The Hall–Kier alpha value is -1.28. The zero-order valence-electron chi connectivity index (χ0n) is 11.2. The summed E-state index contributed by atoms with van der Waals surface area (Å²) in [5, 5.41) is -0.764. The molecule has 2 rings (SSSR count). The van der Waals surface area contributed by atoms with Crippen molar-refractivity contribution in [1.29, 1.82) is 0 Å². The first-order valence-corrected chi connectivity index (χ1v) is 10.5. The quantitative estimate of drug-likeness (QED) is 0.601. The fourth-order valence-electron chi connectivity index (χ4n) is 1.68. The Kier molecular flexibility index (Phi) is 6.67. The van der Waals surface area contributed by atoms with Crippen LogP contribution in [-0.4, -0.2) is 21.4 Å². The minimum absolute atomic E-state index is 0.304. The normalized spacial score (nSPS) is 12.8. The van der Waals surface area contributed by atoms with Crippen molar-refractivity contribution >= 4 is 39.5 Å². The molecule has 1 atom stereocenters. The highest BCUT2D eigenvalue weighted by molar-refractivity contribution is 8.31. The maximum Gasteiger partial charge on any atom is 0.317 e. The molecule has 0 aliphatic heterocycles. The monoisotopic (exact) mass is 381 g/mol. The summed E-state index contributed by atoms with van der Waals surface area (Å²) in [4.78, 5) is 0.304. The molecule has 0 N–H and O–H groups in total. The van der Waals surface area contributed by atoms with Crippen LogP contribution in [0.2, 0.25) is 0 Å². The van der Waals surface area contributed by atoms with E-state index in [1.54, 1.807) is 59.4 Å². The largest absolute Gasteiger partial charge is 0.334 e. The molecule has 1 aromatic heterocycles. The number of aromatic nitrogens is 1. The fraction of sp³-hybridized carbons (Fsp3) is 0.0769. The molecule has 22 heavy (non-hydrogen) atoms. The first-order chi connectivity index (χ1) is 10.2. The summed E-state index contributed by atoms with van der Waals surface area (Å²) < 4.78 is 44.7. The Balaban J connectivity index is 0.000000422. The second kappa shape index (κ2) is 7.82. The molecular weight excluding hydrogens is 369 g/mol. The average molecular weight is 382 g/mol. The lowest BCUT2D eigenvalue weighted by Gasteiger charge is -2.15. The second-order valence-corrected chi connectivity index (χ2v) is 9.71. The smallest absolute Gasteiger partial charge is 0.317 e. The van der Waals surface area contributed by atoms with Crippen LogP contribution >= 0.6 is 21.4 Å². The van der Waals surface area contributed by atoms with Crippen molar-refractivity contribution in [2.24, 2.45) is 0 Å². The topological polar surface area (TPSA) is 73.2 Å². The minimum Gasteiger partial charge on any atom is -0.334 e. The van der Waals surface area contributed by atoms with Gasteiger partial charge in [0.2, 0.25) is 9.84 Å². The van der Waals surface area contributed by atoms with Gasteiger partial charge in [0, 0.05) is 33.8 Å². The maximum atomic E-state index is 12.4. The van der Waals surface area contributed by atoms with Crippen molar-refractivity contribution in [2.75, 3.05) is 0 Å². The third-order valence-electron chi connectivity index (χ3n) is 2.51. The summed E-state index contributed by atoms with van der Waals surface area (Å²) in [5.74, 6) is 0. The van der Waals surface area contributed by atoms with Crippen molar-refractivity contribution in [3.8, 4) is 0 Å². The Morgan fingerprint density at radius 1 is 0.955 bits per heavy atom. The molecular formula is C13H13Cl2NO4S2. The van der Waals surface area contributed by atoms with Gasteiger partial charge in [-0.05, 0) is 24.3 Å². The number of hydrogen-bond donors (Lipinski definition) is 0. The van der Waals surface area contributed by atoms with E-state index in [0.29, 0.717) is 4.90 Å². The predicted molar refractivity (Wildman–Crippen MR) is 87.9 cm³/mol. The van der Waals surface area contributed by atoms with Gasteiger partial charge in [0.05, 0.1) is 4.90 Å². The van der Waals surface area contributed by atoms with Crippen molar-refractivity contribution in [3.05, 3.63) is 67.5 Å². The first-order valence-electron chi connectivity index (χ1n) is 5.84. The molecule has 0 bridgehead atoms. The Morgan fingerprint density at radius 3 is 1.82 bits per heavy atom. The predicted octanol–water partition coefficient (Wildman–Crippen LogP) is 3.36. The summed E-state index contributed by atoms with van der Waals surface area (Å²) in [7, 11) is 1.38. The molecule has 0 radical (unpaired) electrons. The van der Waals surface area contributed by atoms with Gasteiger partial charge in [-0.15, -0.1) is 0 Å². The Bertz CT molecular complexity index is 793. The highest BCUT2D eigenvalue weighted by atomic mass is 36.0. The summed E-state index contributed by atoms with van der Waals surface area (Å²) in [6, 6.07) is 12.0. The number of sulfone groups is 1. The highest BCUT2D eigenvalue weighted by Crippen LogP contribution is 2.24. The molecule has 1 unspecified atom stereocenters. The van der Waals surface area contributed by atoms with Crippen molar-refractivity contribution in [2.45, 2.75) is 10.3 Å². The molecule has 0 aliphatic rings. The van der Waals surface area contributed by atoms with Gasteiger partial charge in [0.1, 0.15) is 0 Å². The lowest BCUT2D eigenvalue weighted by Crippen LogP contribution is -2.16. The first kappa shape index (κ1) is 18.8. The lowest BCUT2D eigenvalue weighted by molar-refractivity contribution is 0.572. The fourth-order valence-corrected chi connectivity index (χ4v) is 3.21. The molecule has 0 saturated carbocycles. The van der Waals surface area contributed by atoms with Crippen LogP contribution in [-0.2, 0) is 18.1 Å². The van der Waals surface area contributed by atoms with Crippen LogP contribution in [0.3, 0.4) is 0 Å². The molecule has 2 aromatic rings. The van der Waals surface area contributed by atoms with Gasteiger partial charge in [-0.1, -0.05) is 30.9 Å². The van der Waals surface area contributed by atoms with Crippen molar-refractivity contribution in [3.63, 3.8) is 0 Å². The average Bonchev–Trinajstić information content (AvgIpc) is 2.92. The van der Waals surface area contributed by atoms with E-state index in [2.05, 4.69) is 27.9 Å². The van der Waals surface area contributed by atoms with Crippen molar-refractivity contribution < 1.29 is 16.8 Å². The summed E-state index contributed by atoms with van der Waals surface area (Å²) in [5.41, 5.74) is 0. The van der Waals surface area contributed by atoms with Gasteiger partial charge in [-0.25, -0.2) is 8.42 Å². The van der Waals surface area contributed by atoms with E-state index in [9.17, 15) is 8.42 Å². The van der Waals surface area contributed by atoms with Gasteiger partial charge in [-0.3, -0.25) is 0 Å². The van der Waals surface area contributed by atoms with Crippen LogP contribution < -0.4 is 0 Å². The number of halogens is 2. The third-order valence-corrected chi connectivity index (χ3v) is 4.51. The summed E-state index contributed by atoms with van der Waals surface area (Å²) >= 11 is 0. The Labute approximate surface area is 138 Å². The summed E-state index contributed by atoms with van der Waals surface area (Å²) in [6.45, 7) is 3.61. The maximum absolute atomic E-state index is 12.4. The zero-order chi connectivity index (χ0) is 16.8. The molecule has 1 aromatic carbocycles. The minimum atomic E-state index is -3.72. The number of benzene rings is 1. The zero-order valence-corrected chi connectivity index (χ0v) is 14.4. The molecule has 0 amide bonds. The number of nitrogens with zero attached hydrogens (tertiary/aromatic N) is 1. The standard InChI is InChI=1S/C13H13NO2S.Cl2O2S/c1-2-13(14-10-6-7-11-14)17(15,16)12-8-4-3-5-9-12;1-5(2,3)4/h2-11,13H,1H2;. The molecule has 0 fully saturated rings. The molecule has 1 heterocycles. The molecule has 9 heteroatoms. The van der Waals surface area contributed by atoms with E-state index in [1.165, 1.54) is 6.08 Å². The van der Waals surface area contributed by atoms with Crippen LogP contribution in [0, 0.1) is 0 Å². The number of hydrogen-bond acceptors (Lipinski definition) is 4. The van der Waals surface area contributed by atoms with Gasteiger partial charge in [-0.2, -0.15) is 8.42 Å². The van der Waals surface area contributed by atoms with Gasteiger partial charge < -0.3 is 4.57 Å². The highest BCUT2D eigenvalue weighted by Gasteiger charge is 2.25. The van der Waals surface area contributed by atoms with E-state index in [0.717, 1.165) is 0 Å². The van der Waals surface area contributed by atoms with Gasteiger partial charge >= 0.3 is 8.26 Å². The van der Waals surface area contributed by atoms with E-state index >= 15 is 0 Å². The van der Waals surface area contributed by atoms with E-state index in [4.69, 9.17) is 8.42 Å².